The zero-order chi connectivity index (χ0) is 13.7. The Labute approximate surface area is 114 Å². The molecule has 4 nitrogen and oxygen atoms in total. The number of hydrogen-bond acceptors (Lipinski definition) is 2. The summed E-state index contributed by atoms with van der Waals surface area (Å²) in [5.74, 6) is 0.524. The molecule has 1 aliphatic carbocycles. The Balaban J connectivity index is 1.74. The first-order valence-corrected chi connectivity index (χ1v) is 6.98. The first kappa shape index (κ1) is 12.6. The molecule has 1 aromatic heterocycles. The summed E-state index contributed by atoms with van der Waals surface area (Å²) in [6, 6.07) is 3.89. The van der Waals surface area contributed by atoms with Crippen LogP contribution >= 0.6 is 0 Å². The van der Waals surface area contributed by atoms with Crippen molar-refractivity contribution in [2.45, 2.75) is 46.1 Å². The van der Waals surface area contributed by atoms with Crippen molar-refractivity contribution in [2.75, 3.05) is 11.9 Å². The molecule has 0 spiro atoms. The summed E-state index contributed by atoms with van der Waals surface area (Å²) in [5, 5.41) is 2.84. The third-order valence-corrected chi connectivity index (χ3v) is 4.43. The summed E-state index contributed by atoms with van der Waals surface area (Å²) in [7, 11) is 0. The number of amides is 2. The number of furan rings is 1. The molecule has 0 radical (unpaired) electrons. The van der Waals surface area contributed by atoms with Crippen LogP contribution in [0.3, 0.4) is 0 Å². The van der Waals surface area contributed by atoms with Gasteiger partial charge in [0.25, 0.3) is 0 Å². The van der Waals surface area contributed by atoms with E-state index >= 15 is 0 Å². The summed E-state index contributed by atoms with van der Waals surface area (Å²) < 4.78 is 5.18. The van der Waals surface area contributed by atoms with Gasteiger partial charge in [0.1, 0.15) is 0 Å². The van der Waals surface area contributed by atoms with Crippen LogP contribution in [0.4, 0.5) is 10.7 Å². The van der Waals surface area contributed by atoms with Gasteiger partial charge in [-0.2, -0.15) is 0 Å². The van der Waals surface area contributed by atoms with Gasteiger partial charge in [0, 0.05) is 18.7 Å². The van der Waals surface area contributed by atoms with E-state index in [1.54, 1.807) is 18.4 Å². The summed E-state index contributed by atoms with van der Waals surface area (Å²) in [5.41, 5.74) is 0.601. The van der Waals surface area contributed by atoms with Crippen LogP contribution in [0.25, 0.3) is 0 Å². The van der Waals surface area contributed by atoms with Crippen molar-refractivity contribution in [3.05, 3.63) is 18.4 Å². The lowest BCUT2D eigenvalue weighted by Gasteiger charge is -2.39. The smallest absolute Gasteiger partial charge is 0.324 e. The second-order valence-electron chi connectivity index (χ2n) is 7.25. The minimum Gasteiger partial charge on any atom is -0.449 e. The van der Waals surface area contributed by atoms with Gasteiger partial charge in [-0.3, -0.25) is 5.32 Å². The molecule has 1 aromatic rings. The van der Waals surface area contributed by atoms with Gasteiger partial charge in [0.2, 0.25) is 5.88 Å². The third-order valence-electron chi connectivity index (χ3n) is 4.43. The molecule has 2 atom stereocenters. The van der Waals surface area contributed by atoms with Crippen LogP contribution in [0.5, 0.6) is 0 Å². The number of carbonyl (C=O) groups excluding carboxylic acids is 1. The van der Waals surface area contributed by atoms with Gasteiger partial charge in [-0.15, -0.1) is 0 Å². The highest BCUT2D eigenvalue weighted by Gasteiger charge is 2.51. The lowest BCUT2D eigenvalue weighted by Crippen LogP contribution is -2.40. The maximum absolute atomic E-state index is 12.4. The number of rotatable bonds is 1. The molecule has 2 fully saturated rings. The van der Waals surface area contributed by atoms with E-state index in [0.29, 0.717) is 17.3 Å². The molecule has 4 heteroatoms. The number of fused-ring (bicyclic) bond motifs is 2. The van der Waals surface area contributed by atoms with E-state index in [4.69, 9.17) is 4.42 Å². The van der Waals surface area contributed by atoms with E-state index < -0.39 is 0 Å². The van der Waals surface area contributed by atoms with Crippen molar-refractivity contribution >= 4 is 11.9 Å². The van der Waals surface area contributed by atoms with Crippen LogP contribution in [0.2, 0.25) is 0 Å². The second-order valence-corrected chi connectivity index (χ2v) is 7.25. The fraction of sp³-hybridized carbons (Fsp3) is 0.667. The van der Waals surface area contributed by atoms with Gasteiger partial charge < -0.3 is 9.32 Å². The molecule has 19 heavy (non-hydrogen) atoms. The molecule has 2 amide bonds. The van der Waals surface area contributed by atoms with E-state index in [-0.39, 0.29) is 11.4 Å². The van der Waals surface area contributed by atoms with Crippen LogP contribution in [0, 0.1) is 10.8 Å². The van der Waals surface area contributed by atoms with E-state index in [9.17, 15) is 4.79 Å². The van der Waals surface area contributed by atoms with E-state index in [1.165, 1.54) is 6.42 Å². The molecule has 2 heterocycles. The number of carbonyl (C=O) groups is 1. The monoisotopic (exact) mass is 262 g/mol. The highest BCUT2D eigenvalue weighted by Crippen LogP contribution is 2.52. The van der Waals surface area contributed by atoms with Crippen LogP contribution in [-0.4, -0.2) is 23.5 Å². The summed E-state index contributed by atoms with van der Waals surface area (Å²) >= 11 is 0. The van der Waals surface area contributed by atoms with Crippen molar-refractivity contribution in [2.24, 2.45) is 10.8 Å². The average molecular weight is 262 g/mol. The highest BCUT2D eigenvalue weighted by atomic mass is 16.3. The molecule has 3 rings (SSSR count). The Hall–Kier alpha value is -1.45. The van der Waals surface area contributed by atoms with E-state index in [1.807, 2.05) is 4.90 Å². The van der Waals surface area contributed by atoms with Gasteiger partial charge in [-0.1, -0.05) is 20.8 Å². The Morgan fingerprint density at radius 3 is 2.89 bits per heavy atom. The SMILES string of the molecule is CC1(C)CC2CC(C)(CN2C(=O)Nc2ccco2)C1. The number of nitrogens with zero attached hydrogens (tertiary/aromatic N) is 1. The zero-order valence-electron chi connectivity index (χ0n) is 11.9. The molecule has 104 valence electrons. The van der Waals surface area contributed by atoms with Gasteiger partial charge >= 0.3 is 6.03 Å². The summed E-state index contributed by atoms with van der Waals surface area (Å²) in [4.78, 5) is 14.4. The molecule has 2 bridgehead atoms. The molecule has 2 aliphatic rings. The van der Waals surface area contributed by atoms with E-state index in [0.717, 1.165) is 19.4 Å². The van der Waals surface area contributed by atoms with Crippen molar-refractivity contribution in [1.29, 1.82) is 0 Å². The van der Waals surface area contributed by atoms with Crippen LogP contribution in [0.1, 0.15) is 40.0 Å². The van der Waals surface area contributed by atoms with Crippen molar-refractivity contribution < 1.29 is 9.21 Å². The molecule has 1 N–H and O–H groups in total. The molecule has 0 aromatic carbocycles. The largest absolute Gasteiger partial charge is 0.449 e. The average Bonchev–Trinajstić information content (AvgIpc) is 2.83. The first-order chi connectivity index (χ1) is 8.87. The standard InChI is InChI=1S/C15H22N2O2/c1-14(2)7-11-8-15(3,9-14)10-17(11)13(18)16-12-5-4-6-19-12/h4-6,11H,7-10H2,1-3H3,(H,16,18). The molecule has 1 saturated carbocycles. The van der Waals surface area contributed by atoms with Crippen molar-refractivity contribution in [1.82, 2.24) is 4.90 Å². The normalized spacial score (nSPS) is 32.4. The topological polar surface area (TPSA) is 45.5 Å². The first-order valence-electron chi connectivity index (χ1n) is 6.98. The van der Waals surface area contributed by atoms with Crippen LogP contribution in [-0.2, 0) is 0 Å². The Kier molecular flexibility index (Phi) is 2.66. The Morgan fingerprint density at radius 2 is 2.21 bits per heavy atom. The highest BCUT2D eigenvalue weighted by molar-refractivity contribution is 5.88. The predicted molar refractivity (Wildman–Crippen MR) is 74.0 cm³/mol. The van der Waals surface area contributed by atoms with Gasteiger partial charge in [0.05, 0.1) is 6.26 Å². The molecule has 1 aliphatic heterocycles. The minimum absolute atomic E-state index is 0.0265. The minimum atomic E-state index is -0.0265. The predicted octanol–water partition coefficient (Wildman–Crippen LogP) is 3.71. The zero-order valence-corrected chi connectivity index (χ0v) is 11.9. The van der Waals surface area contributed by atoms with Crippen LogP contribution < -0.4 is 5.32 Å². The van der Waals surface area contributed by atoms with Crippen molar-refractivity contribution in [3.8, 4) is 0 Å². The maximum atomic E-state index is 12.4. The van der Waals surface area contributed by atoms with Gasteiger partial charge in [-0.25, -0.2) is 4.79 Å². The fourth-order valence-electron chi connectivity index (χ4n) is 4.22. The number of anilines is 1. The lowest BCUT2D eigenvalue weighted by molar-refractivity contribution is 0.130. The third kappa shape index (κ3) is 2.36. The van der Waals surface area contributed by atoms with Gasteiger partial charge in [-0.05, 0) is 36.2 Å². The Bertz CT molecular complexity index is 480. The number of hydrogen-bond donors (Lipinski definition) is 1. The maximum Gasteiger partial charge on any atom is 0.324 e. The molecule has 1 saturated heterocycles. The molecular weight excluding hydrogens is 240 g/mol. The fourth-order valence-corrected chi connectivity index (χ4v) is 4.22. The number of nitrogens with one attached hydrogen (secondary N) is 1. The molecule has 2 unspecified atom stereocenters. The summed E-state index contributed by atoms with van der Waals surface area (Å²) in [6.07, 6.45) is 4.99. The van der Waals surface area contributed by atoms with Crippen molar-refractivity contribution in [3.63, 3.8) is 0 Å². The number of urea groups is 1. The van der Waals surface area contributed by atoms with E-state index in [2.05, 4.69) is 26.1 Å². The van der Waals surface area contributed by atoms with Crippen LogP contribution in [0.15, 0.2) is 22.8 Å². The van der Waals surface area contributed by atoms with Gasteiger partial charge in [0.15, 0.2) is 0 Å². The lowest BCUT2D eigenvalue weighted by atomic mass is 9.65. The quantitative estimate of drug-likeness (QED) is 0.838. The summed E-state index contributed by atoms with van der Waals surface area (Å²) in [6.45, 7) is 7.78. The Morgan fingerprint density at radius 1 is 1.42 bits per heavy atom. The molecular formula is C15H22N2O2. The number of likely N-dealkylation sites (tertiary alicyclic amines) is 1. The second kappa shape index (κ2) is 4.02.